The summed E-state index contributed by atoms with van der Waals surface area (Å²) in [7, 11) is 0. The lowest BCUT2D eigenvalue weighted by molar-refractivity contribution is 0.0756. The van der Waals surface area contributed by atoms with Crippen LogP contribution >= 0.6 is 22.9 Å². The molecule has 6 heteroatoms. The maximum Gasteiger partial charge on any atom is 0.273 e. The van der Waals surface area contributed by atoms with Crippen LogP contribution in [0.2, 0.25) is 5.02 Å². The quantitative estimate of drug-likeness (QED) is 0.888. The number of thiazole rings is 1. The first-order valence-corrected chi connectivity index (χ1v) is 9.22. The highest BCUT2D eigenvalue weighted by Gasteiger charge is 2.19. The molecular weight excluding hydrogens is 330 g/mol. The summed E-state index contributed by atoms with van der Waals surface area (Å²) < 4.78 is 0. The standard InChI is InChI=1S/C17H20ClN3OS/c18-14-8-4-3-7-13(14)11-19-17-20-15(12-23-17)16(22)21-9-5-1-2-6-10-21/h3-4,7-8,12H,1-2,5-6,9-11H2,(H,19,20). The van der Waals surface area contributed by atoms with E-state index in [-0.39, 0.29) is 5.91 Å². The van der Waals surface area contributed by atoms with Crippen LogP contribution in [-0.2, 0) is 6.54 Å². The van der Waals surface area contributed by atoms with Crippen LogP contribution in [0, 0.1) is 0 Å². The van der Waals surface area contributed by atoms with E-state index < -0.39 is 0 Å². The molecule has 2 heterocycles. The van der Waals surface area contributed by atoms with Crippen LogP contribution in [0.25, 0.3) is 0 Å². The smallest absolute Gasteiger partial charge is 0.273 e. The normalized spacial score (nSPS) is 15.3. The fourth-order valence-electron chi connectivity index (χ4n) is 2.70. The van der Waals surface area contributed by atoms with Crippen LogP contribution < -0.4 is 5.32 Å². The van der Waals surface area contributed by atoms with Crippen molar-refractivity contribution in [3.8, 4) is 0 Å². The van der Waals surface area contributed by atoms with Crippen molar-refractivity contribution in [1.82, 2.24) is 9.88 Å². The van der Waals surface area contributed by atoms with Gasteiger partial charge in [-0.15, -0.1) is 11.3 Å². The molecule has 1 fully saturated rings. The predicted octanol–water partition coefficient (Wildman–Crippen LogP) is 4.42. The van der Waals surface area contributed by atoms with E-state index in [1.165, 1.54) is 24.2 Å². The number of rotatable bonds is 4. The molecule has 1 aliphatic rings. The van der Waals surface area contributed by atoms with Crippen molar-refractivity contribution in [3.63, 3.8) is 0 Å². The summed E-state index contributed by atoms with van der Waals surface area (Å²) in [5, 5.41) is 6.57. The van der Waals surface area contributed by atoms with Crippen molar-refractivity contribution < 1.29 is 4.79 Å². The van der Waals surface area contributed by atoms with Gasteiger partial charge in [0.05, 0.1) is 0 Å². The number of carbonyl (C=O) groups is 1. The summed E-state index contributed by atoms with van der Waals surface area (Å²) in [6.07, 6.45) is 4.61. The second kappa shape index (κ2) is 7.79. The Bertz CT molecular complexity index is 665. The molecular formula is C17H20ClN3OS. The number of nitrogens with zero attached hydrogens (tertiary/aromatic N) is 2. The Kier molecular flexibility index (Phi) is 5.51. The Hall–Kier alpha value is -1.59. The third-order valence-electron chi connectivity index (χ3n) is 4.00. The van der Waals surface area contributed by atoms with Crippen LogP contribution in [-0.4, -0.2) is 28.9 Å². The molecule has 4 nitrogen and oxygen atoms in total. The Morgan fingerprint density at radius 1 is 1.22 bits per heavy atom. The minimum atomic E-state index is 0.0499. The van der Waals surface area contributed by atoms with Crippen LogP contribution in [0.3, 0.4) is 0 Å². The molecule has 3 rings (SSSR count). The first-order valence-electron chi connectivity index (χ1n) is 7.96. The van der Waals surface area contributed by atoms with Crippen LogP contribution in [0.15, 0.2) is 29.6 Å². The molecule has 1 amide bonds. The third kappa shape index (κ3) is 4.24. The highest BCUT2D eigenvalue weighted by atomic mass is 35.5. The first kappa shape index (κ1) is 16.3. The highest BCUT2D eigenvalue weighted by molar-refractivity contribution is 7.13. The van der Waals surface area contributed by atoms with Gasteiger partial charge in [0.25, 0.3) is 5.91 Å². The Morgan fingerprint density at radius 2 is 1.96 bits per heavy atom. The molecule has 0 unspecified atom stereocenters. The average molecular weight is 350 g/mol. The number of benzene rings is 1. The van der Waals surface area contributed by atoms with E-state index >= 15 is 0 Å². The van der Waals surface area contributed by atoms with E-state index in [1.54, 1.807) is 0 Å². The minimum absolute atomic E-state index is 0.0499. The molecule has 1 aromatic carbocycles. The minimum Gasteiger partial charge on any atom is -0.357 e. The fourth-order valence-corrected chi connectivity index (χ4v) is 3.59. The highest BCUT2D eigenvalue weighted by Crippen LogP contribution is 2.21. The van der Waals surface area contributed by atoms with Crippen molar-refractivity contribution in [1.29, 1.82) is 0 Å². The largest absolute Gasteiger partial charge is 0.357 e. The summed E-state index contributed by atoms with van der Waals surface area (Å²) in [4.78, 5) is 18.9. The van der Waals surface area contributed by atoms with Gasteiger partial charge >= 0.3 is 0 Å². The molecule has 1 N–H and O–H groups in total. The molecule has 23 heavy (non-hydrogen) atoms. The molecule has 122 valence electrons. The Labute approximate surface area is 145 Å². The van der Waals surface area contributed by atoms with Gasteiger partial charge in [0.2, 0.25) is 0 Å². The molecule has 1 aliphatic heterocycles. The van der Waals surface area contributed by atoms with E-state index in [9.17, 15) is 4.79 Å². The van der Waals surface area contributed by atoms with Crippen molar-refractivity contribution in [3.05, 3.63) is 45.9 Å². The number of nitrogens with one attached hydrogen (secondary N) is 1. The van der Waals surface area contributed by atoms with Gasteiger partial charge in [0.1, 0.15) is 5.69 Å². The van der Waals surface area contributed by atoms with Gasteiger partial charge in [0, 0.05) is 30.0 Å². The first-order chi connectivity index (χ1) is 11.2. The van der Waals surface area contributed by atoms with E-state index in [0.29, 0.717) is 12.2 Å². The number of carbonyl (C=O) groups excluding carboxylic acids is 1. The summed E-state index contributed by atoms with van der Waals surface area (Å²) in [6.45, 7) is 2.29. The van der Waals surface area contributed by atoms with Crippen molar-refractivity contribution in [2.24, 2.45) is 0 Å². The Morgan fingerprint density at radius 3 is 2.70 bits per heavy atom. The van der Waals surface area contributed by atoms with Gasteiger partial charge in [-0.05, 0) is 24.5 Å². The zero-order chi connectivity index (χ0) is 16.1. The van der Waals surface area contributed by atoms with E-state index in [2.05, 4.69) is 10.3 Å². The molecule has 0 atom stereocenters. The number of amides is 1. The summed E-state index contributed by atoms with van der Waals surface area (Å²) >= 11 is 7.60. The maximum absolute atomic E-state index is 12.5. The molecule has 2 aromatic rings. The molecule has 0 aliphatic carbocycles. The monoisotopic (exact) mass is 349 g/mol. The second-order valence-electron chi connectivity index (χ2n) is 5.69. The number of aromatic nitrogens is 1. The number of halogens is 1. The molecule has 0 bridgehead atoms. The topological polar surface area (TPSA) is 45.2 Å². The van der Waals surface area contributed by atoms with Crippen LogP contribution in [0.1, 0.15) is 41.7 Å². The van der Waals surface area contributed by atoms with Crippen molar-refractivity contribution >= 4 is 34.0 Å². The lowest BCUT2D eigenvalue weighted by Gasteiger charge is -2.18. The predicted molar refractivity (Wildman–Crippen MR) is 95.3 cm³/mol. The van der Waals surface area contributed by atoms with Gasteiger partial charge in [-0.1, -0.05) is 42.6 Å². The number of likely N-dealkylation sites (tertiary alicyclic amines) is 1. The SMILES string of the molecule is O=C(c1csc(NCc2ccccc2Cl)n1)N1CCCCCC1. The van der Waals surface area contributed by atoms with E-state index in [1.807, 2.05) is 34.5 Å². The fraction of sp³-hybridized carbons (Fsp3) is 0.412. The molecule has 1 saturated heterocycles. The van der Waals surface area contributed by atoms with Gasteiger partial charge < -0.3 is 10.2 Å². The van der Waals surface area contributed by atoms with Gasteiger partial charge in [-0.2, -0.15) is 0 Å². The lowest BCUT2D eigenvalue weighted by atomic mass is 10.2. The summed E-state index contributed by atoms with van der Waals surface area (Å²) in [5.41, 5.74) is 1.56. The summed E-state index contributed by atoms with van der Waals surface area (Å²) in [6, 6.07) is 7.72. The van der Waals surface area contributed by atoms with Gasteiger partial charge in [-0.3, -0.25) is 4.79 Å². The van der Waals surface area contributed by atoms with Crippen LogP contribution in [0.4, 0.5) is 5.13 Å². The second-order valence-corrected chi connectivity index (χ2v) is 6.95. The molecule has 0 radical (unpaired) electrons. The van der Waals surface area contributed by atoms with E-state index in [0.717, 1.165) is 41.6 Å². The lowest BCUT2D eigenvalue weighted by Crippen LogP contribution is -2.32. The molecule has 1 aromatic heterocycles. The zero-order valence-electron chi connectivity index (χ0n) is 12.9. The average Bonchev–Trinajstić information content (AvgIpc) is 2.87. The molecule has 0 spiro atoms. The number of hydrogen-bond donors (Lipinski definition) is 1. The number of hydrogen-bond acceptors (Lipinski definition) is 4. The zero-order valence-corrected chi connectivity index (χ0v) is 14.5. The summed E-state index contributed by atoms with van der Waals surface area (Å²) in [5.74, 6) is 0.0499. The van der Waals surface area contributed by atoms with Crippen molar-refractivity contribution in [2.75, 3.05) is 18.4 Å². The Balaban J connectivity index is 1.61. The number of anilines is 1. The van der Waals surface area contributed by atoms with Gasteiger partial charge in [-0.25, -0.2) is 4.98 Å². The van der Waals surface area contributed by atoms with Crippen molar-refractivity contribution in [2.45, 2.75) is 32.2 Å². The third-order valence-corrected chi connectivity index (χ3v) is 5.17. The maximum atomic E-state index is 12.5. The van der Waals surface area contributed by atoms with Gasteiger partial charge in [0.15, 0.2) is 5.13 Å². The molecule has 0 saturated carbocycles. The van der Waals surface area contributed by atoms with E-state index in [4.69, 9.17) is 11.6 Å². The van der Waals surface area contributed by atoms with Crippen LogP contribution in [0.5, 0.6) is 0 Å².